The number of carbonyl (C=O) groups is 1. The minimum atomic E-state index is -3.63. The first kappa shape index (κ1) is 20.0. The molecule has 5 rings (SSSR count). The van der Waals surface area contributed by atoms with Crippen LogP contribution in [0, 0.1) is 0 Å². The Bertz CT molecular complexity index is 1440. The highest BCUT2D eigenvalue weighted by Gasteiger charge is 2.35. The summed E-state index contributed by atoms with van der Waals surface area (Å²) >= 11 is 0. The van der Waals surface area contributed by atoms with E-state index < -0.39 is 10.0 Å². The molecule has 0 radical (unpaired) electrons. The van der Waals surface area contributed by atoms with E-state index in [1.807, 2.05) is 54.6 Å². The second-order valence-corrected chi connectivity index (χ2v) is 9.28. The third-order valence-corrected chi connectivity index (χ3v) is 7.20. The van der Waals surface area contributed by atoms with Crippen molar-refractivity contribution in [2.75, 3.05) is 4.31 Å². The van der Waals surface area contributed by atoms with Gasteiger partial charge in [0.2, 0.25) is 0 Å². The van der Waals surface area contributed by atoms with Gasteiger partial charge in [-0.1, -0.05) is 66.7 Å². The summed E-state index contributed by atoms with van der Waals surface area (Å²) in [5, 5.41) is 5.62. The Labute approximate surface area is 185 Å². The Morgan fingerprint density at radius 1 is 0.875 bits per heavy atom. The zero-order valence-electron chi connectivity index (χ0n) is 17.0. The molecule has 32 heavy (non-hydrogen) atoms. The van der Waals surface area contributed by atoms with Crippen LogP contribution in [0.1, 0.15) is 21.5 Å². The van der Waals surface area contributed by atoms with Crippen molar-refractivity contribution in [2.45, 2.75) is 11.4 Å². The monoisotopic (exact) mass is 441 g/mol. The molecule has 4 aromatic rings. The lowest BCUT2D eigenvalue weighted by molar-refractivity contribution is 0.0955. The molecule has 6 nitrogen and oxygen atoms in total. The molecule has 4 aromatic carbocycles. The number of nitrogens with zero attached hydrogens (tertiary/aromatic N) is 2. The number of amides is 1. The topological polar surface area (TPSA) is 78.8 Å². The van der Waals surface area contributed by atoms with E-state index in [1.165, 1.54) is 4.31 Å². The summed E-state index contributed by atoms with van der Waals surface area (Å²) in [6.07, 6.45) is 1.57. The number of benzene rings is 4. The number of hydrogen-bond donors (Lipinski definition) is 1. The maximum atomic E-state index is 13.1. The van der Waals surface area contributed by atoms with Gasteiger partial charge in [-0.3, -0.25) is 9.10 Å². The molecule has 0 aliphatic carbocycles. The molecule has 0 saturated heterocycles. The number of hydrogen-bond acceptors (Lipinski definition) is 4. The van der Waals surface area contributed by atoms with Gasteiger partial charge in [-0.15, -0.1) is 0 Å². The van der Waals surface area contributed by atoms with Crippen LogP contribution >= 0.6 is 0 Å². The molecular formula is C25H19N3O3S. The molecule has 0 atom stereocenters. The molecule has 1 aliphatic rings. The van der Waals surface area contributed by atoms with Gasteiger partial charge >= 0.3 is 0 Å². The van der Waals surface area contributed by atoms with E-state index in [4.69, 9.17) is 0 Å². The van der Waals surface area contributed by atoms with Crippen molar-refractivity contribution in [2.24, 2.45) is 5.10 Å². The Morgan fingerprint density at radius 3 is 2.34 bits per heavy atom. The molecule has 7 heteroatoms. The maximum Gasteiger partial charge on any atom is 0.271 e. The van der Waals surface area contributed by atoms with E-state index in [1.54, 1.807) is 42.6 Å². The van der Waals surface area contributed by atoms with Crippen molar-refractivity contribution in [3.8, 4) is 0 Å². The molecule has 158 valence electrons. The van der Waals surface area contributed by atoms with Gasteiger partial charge in [0.25, 0.3) is 15.9 Å². The molecule has 0 fully saturated rings. The molecule has 1 N–H and O–H groups in total. The van der Waals surface area contributed by atoms with Gasteiger partial charge in [0.05, 0.1) is 23.3 Å². The second kappa shape index (κ2) is 7.94. The summed E-state index contributed by atoms with van der Waals surface area (Å²) in [6, 6.07) is 27.2. The van der Waals surface area contributed by atoms with Crippen molar-refractivity contribution in [3.05, 3.63) is 108 Å². The van der Waals surface area contributed by atoms with E-state index in [-0.39, 0.29) is 12.5 Å². The van der Waals surface area contributed by atoms with Gasteiger partial charge in [-0.05, 0) is 40.8 Å². The third-order valence-electron chi connectivity index (χ3n) is 5.40. The largest absolute Gasteiger partial charge is 0.271 e. The minimum Gasteiger partial charge on any atom is -0.267 e. The van der Waals surface area contributed by atoms with Crippen molar-refractivity contribution < 1.29 is 13.2 Å². The van der Waals surface area contributed by atoms with Gasteiger partial charge in [0, 0.05) is 10.9 Å². The van der Waals surface area contributed by atoms with Crippen LogP contribution in [-0.2, 0) is 16.6 Å². The SMILES string of the molecule is O=C(N/N=C\c1ccccc1)c1ccc(CN2c3cccc4cccc(c34)S2(=O)=O)cc1. The number of sulfonamides is 1. The van der Waals surface area contributed by atoms with Crippen molar-refractivity contribution in [1.29, 1.82) is 0 Å². The molecular weight excluding hydrogens is 422 g/mol. The smallest absolute Gasteiger partial charge is 0.267 e. The van der Waals surface area contributed by atoms with Crippen LogP contribution in [0.25, 0.3) is 10.8 Å². The standard InChI is InChI=1S/C25H19N3O3S/c29-25(27-26-16-18-6-2-1-3-7-18)21-14-12-19(13-15-21)17-28-22-10-4-8-20-9-5-11-23(24(20)22)32(28,30)31/h1-16H,17H2,(H,27,29)/b26-16-. The first-order chi connectivity index (χ1) is 15.5. The number of carbonyl (C=O) groups excluding carboxylic acids is 1. The van der Waals surface area contributed by atoms with Gasteiger partial charge in [0.1, 0.15) is 0 Å². The average molecular weight is 442 g/mol. The van der Waals surface area contributed by atoms with Crippen molar-refractivity contribution >= 4 is 38.6 Å². The normalized spacial score (nSPS) is 14.2. The van der Waals surface area contributed by atoms with Crippen molar-refractivity contribution in [3.63, 3.8) is 0 Å². The molecule has 1 aliphatic heterocycles. The first-order valence-corrected chi connectivity index (χ1v) is 11.5. The molecule has 1 amide bonds. The summed E-state index contributed by atoms with van der Waals surface area (Å²) in [4.78, 5) is 12.7. The minimum absolute atomic E-state index is 0.185. The van der Waals surface area contributed by atoms with Crippen LogP contribution in [0.2, 0.25) is 0 Å². The number of nitrogens with one attached hydrogen (secondary N) is 1. The highest BCUT2D eigenvalue weighted by Crippen LogP contribution is 2.42. The van der Waals surface area contributed by atoms with Crippen LogP contribution in [0.5, 0.6) is 0 Å². The Balaban J connectivity index is 1.33. The van der Waals surface area contributed by atoms with E-state index in [0.29, 0.717) is 16.1 Å². The molecule has 1 heterocycles. The molecule has 0 saturated carbocycles. The van der Waals surface area contributed by atoms with Crippen molar-refractivity contribution in [1.82, 2.24) is 5.43 Å². The van der Waals surface area contributed by atoms with Crippen LogP contribution in [0.3, 0.4) is 0 Å². The first-order valence-electron chi connectivity index (χ1n) is 10.1. The fraction of sp³-hybridized carbons (Fsp3) is 0.0400. The molecule has 0 aromatic heterocycles. The van der Waals surface area contributed by atoms with Crippen LogP contribution in [0.4, 0.5) is 5.69 Å². The fourth-order valence-corrected chi connectivity index (χ4v) is 5.52. The quantitative estimate of drug-likeness (QED) is 0.370. The lowest BCUT2D eigenvalue weighted by Crippen LogP contribution is -2.26. The van der Waals surface area contributed by atoms with E-state index in [0.717, 1.165) is 21.9 Å². The predicted molar refractivity (Wildman–Crippen MR) is 125 cm³/mol. The average Bonchev–Trinajstić information content (AvgIpc) is 3.03. The van der Waals surface area contributed by atoms with Gasteiger partial charge in [-0.2, -0.15) is 5.10 Å². The van der Waals surface area contributed by atoms with Gasteiger partial charge in [0.15, 0.2) is 0 Å². The summed E-state index contributed by atoms with van der Waals surface area (Å²) in [5.41, 5.74) is 5.28. The lowest BCUT2D eigenvalue weighted by Gasteiger charge is -2.19. The second-order valence-electron chi connectivity index (χ2n) is 7.45. The van der Waals surface area contributed by atoms with E-state index >= 15 is 0 Å². The van der Waals surface area contributed by atoms with Crippen LogP contribution in [0.15, 0.2) is 101 Å². The number of hydrazone groups is 1. The highest BCUT2D eigenvalue weighted by molar-refractivity contribution is 7.93. The summed E-state index contributed by atoms with van der Waals surface area (Å²) in [7, 11) is -3.63. The zero-order chi connectivity index (χ0) is 22.1. The summed E-state index contributed by atoms with van der Waals surface area (Å²) in [6.45, 7) is 0.185. The Hall–Kier alpha value is -3.97. The molecule has 0 unspecified atom stereocenters. The van der Waals surface area contributed by atoms with E-state index in [2.05, 4.69) is 10.5 Å². The highest BCUT2D eigenvalue weighted by atomic mass is 32.2. The molecule has 0 bridgehead atoms. The van der Waals surface area contributed by atoms with Crippen LogP contribution in [-0.4, -0.2) is 20.5 Å². The van der Waals surface area contributed by atoms with E-state index in [9.17, 15) is 13.2 Å². The zero-order valence-corrected chi connectivity index (χ0v) is 17.8. The molecule has 0 spiro atoms. The maximum absolute atomic E-state index is 13.1. The number of rotatable bonds is 5. The predicted octanol–water partition coefficient (Wildman–Crippen LogP) is 4.31. The lowest BCUT2D eigenvalue weighted by atomic mass is 10.1. The van der Waals surface area contributed by atoms with Crippen LogP contribution < -0.4 is 9.73 Å². The number of anilines is 1. The van der Waals surface area contributed by atoms with Gasteiger partial charge < -0.3 is 0 Å². The fourth-order valence-electron chi connectivity index (χ4n) is 3.82. The Morgan fingerprint density at radius 2 is 1.59 bits per heavy atom. The summed E-state index contributed by atoms with van der Waals surface area (Å²) in [5.74, 6) is -0.338. The third kappa shape index (κ3) is 3.52. The Kier molecular flexibility index (Phi) is 4.95. The summed E-state index contributed by atoms with van der Waals surface area (Å²) < 4.78 is 27.7. The van der Waals surface area contributed by atoms with Gasteiger partial charge in [-0.25, -0.2) is 13.8 Å².